The third kappa shape index (κ3) is 5.28. The van der Waals surface area contributed by atoms with E-state index < -0.39 is 5.97 Å². The van der Waals surface area contributed by atoms with E-state index in [4.69, 9.17) is 14.9 Å². The van der Waals surface area contributed by atoms with Gasteiger partial charge < -0.3 is 14.9 Å². The molecule has 0 bridgehead atoms. The molecule has 1 aromatic rings. The molecule has 0 saturated carbocycles. The average molecular weight is 267 g/mol. The molecular formula is C14H21NO4. The number of aliphatic hydroxyl groups excluding tert-OH is 1. The van der Waals surface area contributed by atoms with Crippen molar-refractivity contribution in [1.29, 1.82) is 0 Å². The molecule has 0 fully saturated rings. The highest BCUT2D eigenvalue weighted by molar-refractivity contribution is 5.90. The summed E-state index contributed by atoms with van der Waals surface area (Å²) in [5.74, 6) is -0.605. The maximum atomic E-state index is 11.0. The lowest BCUT2D eigenvalue weighted by atomic mass is 10.2. The van der Waals surface area contributed by atoms with Crippen molar-refractivity contribution in [3.8, 4) is 5.75 Å². The molecule has 0 amide bonds. The van der Waals surface area contributed by atoms with Crippen molar-refractivity contribution in [2.45, 2.75) is 13.3 Å². The van der Waals surface area contributed by atoms with Gasteiger partial charge in [0.05, 0.1) is 6.61 Å². The second-order valence-electron chi connectivity index (χ2n) is 4.22. The van der Waals surface area contributed by atoms with Crippen LogP contribution in [0.25, 0.3) is 0 Å². The minimum atomic E-state index is -0.989. The lowest BCUT2D eigenvalue weighted by molar-refractivity contribution is 0.0691. The lowest BCUT2D eigenvalue weighted by Crippen LogP contribution is -2.32. The smallest absolute Gasteiger partial charge is 0.339 e. The fourth-order valence-electron chi connectivity index (χ4n) is 1.85. The molecule has 19 heavy (non-hydrogen) atoms. The van der Waals surface area contributed by atoms with Crippen molar-refractivity contribution in [1.82, 2.24) is 4.90 Å². The molecule has 106 valence electrons. The molecule has 0 radical (unpaired) electrons. The van der Waals surface area contributed by atoms with Gasteiger partial charge in [-0.3, -0.25) is 4.90 Å². The van der Waals surface area contributed by atoms with E-state index in [1.165, 1.54) is 6.07 Å². The van der Waals surface area contributed by atoms with E-state index in [1.54, 1.807) is 18.2 Å². The van der Waals surface area contributed by atoms with Gasteiger partial charge in [-0.2, -0.15) is 0 Å². The Morgan fingerprint density at radius 3 is 2.63 bits per heavy atom. The number of aliphatic hydroxyl groups is 1. The molecule has 1 aromatic carbocycles. The van der Waals surface area contributed by atoms with Crippen molar-refractivity contribution in [3.05, 3.63) is 29.8 Å². The van der Waals surface area contributed by atoms with E-state index in [9.17, 15) is 4.79 Å². The summed E-state index contributed by atoms with van der Waals surface area (Å²) in [7, 11) is 0. The summed E-state index contributed by atoms with van der Waals surface area (Å²) in [5, 5.41) is 18.0. The van der Waals surface area contributed by atoms with Crippen LogP contribution in [0, 0.1) is 0 Å². The molecule has 0 atom stereocenters. The van der Waals surface area contributed by atoms with Crippen LogP contribution in [0.15, 0.2) is 24.3 Å². The van der Waals surface area contributed by atoms with Crippen LogP contribution in [0.3, 0.4) is 0 Å². The summed E-state index contributed by atoms with van der Waals surface area (Å²) >= 11 is 0. The molecule has 0 aliphatic rings. The number of carboxylic acids is 1. The van der Waals surface area contributed by atoms with Crippen molar-refractivity contribution in [3.63, 3.8) is 0 Å². The summed E-state index contributed by atoms with van der Waals surface area (Å²) in [6, 6.07) is 6.60. The quantitative estimate of drug-likeness (QED) is 0.709. The van der Waals surface area contributed by atoms with Crippen LogP contribution >= 0.6 is 0 Å². The maximum Gasteiger partial charge on any atom is 0.339 e. The number of benzene rings is 1. The molecule has 0 unspecified atom stereocenters. The molecule has 0 spiro atoms. The third-order valence-corrected chi connectivity index (χ3v) is 2.74. The molecule has 2 N–H and O–H groups in total. The molecule has 5 nitrogen and oxygen atoms in total. The second kappa shape index (κ2) is 8.50. The zero-order chi connectivity index (χ0) is 14.1. The van der Waals surface area contributed by atoms with Crippen LogP contribution in [-0.2, 0) is 0 Å². The van der Waals surface area contributed by atoms with Crippen LogP contribution in [0.2, 0.25) is 0 Å². The molecule has 0 saturated heterocycles. The van der Waals surface area contributed by atoms with Gasteiger partial charge in [0.2, 0.25) is 0 Å². The van der Waals surface area contributed by atoms with Gasteiger partial charge in [-0.05, 0) is 25.1 Å². The van der Waals surface area contributed by atoms with E-state index in [2.05, 4.69) is 11.8 Å². The number of para-hydroxylation sites is 1. The Morgan fingerprint density at radius 1 is 1.26 bits per heavy atom. The van der Waals surface area contributed by atoms with E-state index in [1.807, 2.05) is 0 Å². The van der Waals surface area contributed by atoms with Gasteiger partial charge >= 0.3 is 5.97 Å². The normalized spacial score (nSPS) is 10.7. The molecule has 5 heteroatoms. The van der Waals surface area contributed by atoms with E-state index in [-0.39, 0.29) is 12.2 Å². The zero-order valence-electron chi connectivity index (χ0n) is 11.2. The first-order valence-corrected chi connectivity index (χ1v) is 6.47. The Morgan fingerprint density at radius 2 is 2.00 bits per heavy atom. The van der Waals surface area contributed by atoms with Crippen LogP contribution in [0.4, 0.5) is 0 Å². The van der Waals surface area contributed by atoms with E-state index in [0.29, 0.717) is 25.4 Å². The maximum absolute atomic E-state index is 11.0. The predicted molar refractivity (Wildman–Crippen MR) is 72.7 cm³/mol. The Labute approximate surface area is 113 Å². The Balaban J connectivity index is 2.50. The van der Waals surface area contributed by atoms with Gasteiger partial charge in [-0.15, -0.1) is 0 Å². The highest BCUT2D eigenvalue weighted by atomic mass is 16.5. The summed E-state index contributed by atoms with van der Waals surface area (Å²) in [6.07, 6.45) is 1.01. The average Bonchev–Trinajstić information content (AvgIpc) is 2.39. The first-order chi connectivity index (χ1) is 9.19. The highest BCUT2D eigenvalue weighted by Gasteiger charge is 2.10. The minimum Gasteiger partial charge on any atom is -0.491 e. The van der Waals surface area contributed by atoms with Gasteiger partial charge in [0.15, 0.2) is 0 Å². The Hall–Kier alpha value is -1.59. The summed E-state index contributed by atoms with van der Waals surface area (Å²) in [4.78, 5) is 13.1. The minimum absolute atomic E-state index is 0.117. The number of carbonyl (C=O) groups is 1. The molecular weight excluding hydrogens is 246 g/mol. The van der Waals surface area contributed by atoms with Crippen LogP contribution < -0.4 is 4.74 Å². The molecule has 0 aliphatic heterocycles. The topological polar surface area (TPSA) is 70.0 Å². The van der Waals surface area contributed by atoms with Crippen LogP contribution in [-0.4, -0.2) is 53.9 Å². The van der Waals surface area contributed by atoms with Crippen LogP contribution in [0.1, 0.15) is 23.7 Å². The molecule has 1 rings (SSSR count). The van der Waals surface area contributed by atoms with Gasteiger partial charge in [0.1, 0.15) is 17.9 Å². The van der Waals surface area contributed by atoms with Gasteiger partial charge in [0, 0.05) is 13.1 Å². The standard InChI is InChI=1S/C14H21NO4/c1-2-7-15(8-10-16)9-11-19-13-6-4-3-5-12(13)14(17)18/h3-6,16H,2,7-11H2,1H3,(H,17,18). The first kappa shape index (κ1) is 15.5. The van der Waals surface area contributed by atoms with Crippen molar-refractivity contribution < 1.29 is 19.7 Å². The lowest BCUT2D eigenvalue weighted by Gasteiger charge is -2.20. The van der Waals surface area contributed by atoms with E-state index >= 15 is 0 Å². The largest absolute Gasteiger partial charge is 0.491 e. The Kier molecular flexibility index (Phi) is 6.92. The fraction of sp³-hybridized carbons (Fsp3) is 0.500. The summed E-state index contributed by atoms with van der Waals surface area (Å²) in [5.41, 5.74) is 0.173. The monoisotopic (exact) mass is 267 g/mol. The van der Waals surface area contributed by atoms with Crippen LogP contribution in [0.5, 0.6) is 5.75 Å². The number of carboxylic acid groups (broad SMARTS) is 1. The number of aromatic carboxylic acids is 1. The second-order valence-corrected chi connectivity index (χ2v) is 4.22. The SMILES string of the molecule is CCCN(CCO)CCOc1ccccc1C(=O)O. The number of hydrogen-bond donors (Lipinski definition) is 2. The Bertz CT molecular complexity index is 389. The zero-order valence-corrected chi connectivity index (χ0v) is 11.2. The summed E-state index contributed by atoms with van der Waals surface area (Å²) < 4.78 is 5.52. The third-order valence-electron chi connectivity index (χ3n) is 2.74. The molecule has 0 heterocycles. The van der Waals surface area contributed by atoms with Gasteiger partial charge in [-0.25, -0.2) is 4.79 Å². The van der Waals surface area contributed by atoms with Crippen molar-refractivity contribution in [2.24, 2.45) is 0 Å². The van der Waals surface area contributed by atoms with Gasteiger partial charge in [-0.1, -0.05) is 19.1 Å². The first-order valence-electron chi connectivity index (χ1n) is 6.47. The predicted octanol–water partition coefficient (Wildman–Crippen LogP) is 1.47. The number of nitrogens with zero attached hydrogens (tertiary/aromatic N) is 1. The number of hydrogen-bond acceptors (Lipinski definition) is 4. The van der Waals surface area contributed by atoms with Crippen molar-refractivity contribution >= 4 is 5.97 Å². The van der Waals surface area contributed by atoms with E-state index in [0.717, 1.165) is 13.0 Å². The number of rotatable bonds is 9. The highest BCUT2D eigenvalue weighted by Crippen LogP contribution is 2.17. The van der Waals surface area contributed by atoms with Crippen molar-refractivity contribution in [2.75, 3.05) is 32.8 Å². The molecule has 0 aromatic heterocycles. The summed E-state index contributed by atoms with van der Waals surface area (Å²) in [6.45, 7) is 4.77. The fourth-order valence-corrected chi connectivity index (χ4v) is 1.85. The molecule has 0 aliphatic carbocycles. The number of ether oxygens (including phenoxy) is 1. The van der Waals surface area contributed by atoms with Gasteiger partial charge in [0.25, 0.3) is 0 Å².